The van der Waals surface area contributed by atoms with Crippen LogP contribution < -0.4 is 10.6 Å². The lowest BCUT2D eigenvalue weighted by Gasteiger charge is -2.40. The molecule has 4 nitrogen and oxygen atoms in total. The van der Waals surface area contributed by atoms with E-state index < -0.39 is 11.1 Å². The molecule has 0 saturated heterocycles. The van der Waals surface area contributed by atoms with Gasteiger partial charge in [0.25, 0.3) is 0 Å². The van der Waals surface area contributed by atoms with Crippen LogP contribution in [0.1, 0.15) is 60.3 Å². The summed E-state index contributed by atoms with van der Waals surface area (Å²) in [7, 11) is 0. The number of amides is 1. The fraction of sp³-hybridized carbons (Fsp3) is 0.929. The number of rotatable bonds is 5. The second-order valence-corrected chi connectivity index (χ2v) is 6.54. The third-order valence-electron chi connectivity index (χ3n) is 4.20. The van der Waals surface area contributed by atoms with Crippen LogP contribution in [0, 0.1) is 0 Å². The van der Waals surface area contributed by atoms with Crippen molar-refractivity contribution in [3.63, 3.8) is 0 Å². The van der Waals surface area contributed by atoms with E-state index in [1.165, 1.54) is 12.8 Å². The molecule has 0 heterocycles. The van der Waals surface area contributed by atoms with E-state index in [4.69, 9.17) is 0 Å². The molecule has 0 aliphatic heterocycles. The summed E-state index contributed by atoms with van der Waals surface area (Å²) in [5, 5.41) is 16.3. The Balaban J connectivity index is 2.48. The summed E-state index contributed by atoms with van der Waals surface area (Å²) in [4.78, 5) is 12.0. The van der Waals surface area contributed by atoms with Gasteiger partial charge in [0.15, 0.2) is 0 Å². The Morgan fingerprint density at radius 1 is 1.22 bits per heavy atom. The van der Waals surface area contributed by atoms with Gasteiger partial charge < -0.3 is 10.4 Å². The summed E-state index contributed by atoms with van der Waals surface area (Å²) >= 11 is 0. The number of nitrogens with one attached hydrogen (secondary N) is 2. The van der Waals surface area contributed by atoms with Crippen molar-refractivity contribution in [1.29, 1.82) is 0 Å². The largest absolute Gasteiger partial charge is 0.389 e. The molecule has 0 radical (unpaired) electrons. The normalized spacial score (nSPS) is 19.9. The van der Waals surface area contributed by atoms with Gasteiger partial charge in [0.05, 0.1) is 11.6 Å². The quantitative estimate of drug-likeness (QED) is 0.700. The van der Waals surface area contributed by atoms with Crippen molar-refractivity contribution in [1.82, 2.24) is 10.6 Å². The first-order valence-electron chi connectivity index (χ1n) is 6.94. The third kappa shape index (κ3) is 3.95. The van der Waals surface area contributed by atoms with Crippen LogP contribution in [0.2, 0.25) is 0 Å². The molecule has 1 rings (SSSR count). The molecule has 1 aliphatic rings. The molecule has 3 N–H and O–H groups in total. The molecule has 0 aromatic rings. The average molecular weight is 256 g/mol. The van der Waals surface area contributed by atoms with E-state index >= 15 is 0 Å². The van der Waals surface area contributed by atoms with Crippen LogP contribution in [0.15, 0.2) is 0 Å². The van der Waals surface area contributed by atoms with Crippen LogP contribution in [-0.2, 0) is 4.79 Å². The number of aliphatic hydroxyl groups is 1. The highest BCUT2D eigenvalue weighted by molar-refractivity contribution is 5.81. The first-order valence-corrected chi connectivity index (χ1v) is 6.94. The van der Waals surface area contributed by atoms with E-state index in [9.17, 15) is 9.90 Å². The lowest BCUT2D eigenvalue weighted by molar-refractivity contribution is -0.124. The monoisotopic (exact) mass is 256 g/mol. The van der Waals surface area contributed by atoms with Gasteiger partial charge in [-0.1, -0.05) is 12.8 Å². The second kappa shape index (κ2) is 5.57. The number of hydrogen-bond donors (Lipinski definition) is 3. The molecule has 0 aromatic carbocycles. The van der Waals surface area contributed by atoms with Gasteiger partial charge in [-0.3, -0.25) is 10.1 Å². The molecule has 0 bridgehead atoms. The van der Waals surface area contributed by atoms with Gasteiger partial charge in [-0.15, -0.1) is 0 Å². The summed E-state index contributed by atoms with van der Waals surface area (Å²) in [6.07, 6.45) is 4.60. The van der Waals surface area contributed by atoms with Gasteiger partial charge in [0.1, 0.15) is 0 Å². The van der Waals surface area contributed by atoms with Gasteiger partial charge in [-0.25, -0.2) is 0 Å². The summed E-state index contributed by atoms with van der Waals surface area (Å²) in [5.41, 5.74) is -1.39. The SMILES string of the molecule is CC(NC(C)(C)C(C)(C)O)C(=O)NC1CCCC1. The molecule has 18 heavy (non-hydrogen) atoms. The van der Waals surface area contributed by atoms with E-state index in [1.807, 2.05) is 20.8 Å². The molecular formula is C14H28N2O2. The van der Waals surface area contributed by atoms with Crippen LogP contribution in [0.5, 0.6) is 0 Å². The predicted molar refractivity (Wildman–Crippen MR) is 73.4 cm³/mol. The number of carbonyl (C=O) groups is 1. The zero-order chi connectivity index (χ0) is 14.0. The van der Waals surface area contributed by atoms with Crippen molar-refractivity contribution in [3.05, 3.63) is 0 Å². The Kier molecular flexibility index (Phi) is 4.78. The second-order valence-electron chi connectivity index (χ2n) is 6.54. The smallest absolute Gasteiger partial charge is 0.237 e. The molecular weight excluding hydrogens is 228 g/mol. The highest BCUT2D eigenvalue weighted by atomic mass is 16.3. The highest BCUT2D eigenvalue weighted by Crippen LogP contribution is 2.21. The van der Waals surface area contributed by atoms with E-state index in [1.54, 1.807) is 13.8 Å². The first kappa shape index (κ1) is 15.4. The molecule has 0 spiro atoms. The zero-order valence-electron chi connectivity index (χ0n) is 12.3. The van der Waals surface area contributed by atoms with E-state index in [0.29, 0.717) is 6.04 Å². The standard InChI is InChI=1S/C14H28N2O2/c1-10(16-13(2,3)14(4,5)18)12(17)15-11-8-6-7-9-11/h10-11,16,18H,6-9H2,1-5H3,(H,15,17). The fourth-order valence-corrected chi connectivity index (χ4v) is 2.18. The average Bonchev–Trinajstić information content (AvgIpc) is 2.67. The van der Waals surface area contributed by atoms with Crippen LogP contribution in [0.3, 0.4) is 0 Å². The van der Waals surface area contributed by atoms with E-state index in [2.05, 4.69) is 10.6 Å². The molecule has 106 valence electrons. The maximum atomic E-state index is 12.0. The number of hydrogen-bond acceptors (Lipinski definition) is 3. The lowest BCUT2D eigenvalue weighted by atomic mass is 9.85. The molecule has 0 aromatic heterocycles. The van der Waals surface area contributed by atoms with Gasteiger partial charge in [0.2, 0.25) is 5.91 Å². The summed E-state index contributed by atoms with van der Waals surface area (Å²) in [5.74, 6) is 0.0271. The van der Waals surface area contributed by atoms with E-state index in [0.717, 1.165) is 12.8 Å². The maximum absolute atomic E-state index is 12.0. The van der Waals surface area contributed by atoms with Crippen molar-refractivity contribution in [2.75, 3.05) is 0 Å². The third-order valence-corrected chi connectivity index (χ3v) is 4.20. The minimum Gasteiger partial charge on any atom is -0.389 e. The Hall–Kier alpha value is -0.610. The molecule has 1 saturated carbocycles. The zero-order valence-corrected chi connectivity index (χ0v) is 12.3. The fourth-order valence-electron chi connectivity index (χ4n) is 2.18. The molecule has 1 aliphatic carbocycles. The number of carbonyl (C=O) groups excluding carboxylic acids is 1. The highest BCUT2D eigenvalue weighted by Gasteiger charge is 2.37. The van der Waals surface area contributed by atoms with Gasteiger partial charge >= 0.3 is 0 Å². The van der Waals surface area contributed by atoms with Gasteiger partial charge in [-0.05, 0) is 47.5 Å². The Morgan fingerprint density at radius 3 is 2.17 bits per heavy atom. The van der Waals surface area contributed by atoms with Gasteiger partial charge in [0, 0.05) is 11.6 Å². The predicted octanol–water partition coefficient (Wildman–Crippen LogP) is 1.57. The minimum atomic E-state index is -0.880. The summed E-state index contributed by atoms with van der Waals surface area (Å²) in [6.45, 7) is 9.17. The molecule has 1 fully saturated rings. The van der Waals surface area contributed by atoms with Crippen molar-refractivity contribution in [3.8, 4) is 0 Å². The Bertz CT molecular complexity index is 289. The minimum absolute atomic E-state index is 0.0271. The van der Waals surface area contributed by atoms with E-state index in [-0.39, 0.29) is 11.9 Å². The summed E-state index contributed by atoms with van der Waals surface area (Å²) in [6, 6.07) is 0.0408. The summed E-state index contributed by atoms with van der Waals surface area (Å²) < 4.78 is 0. The van der Waals surface area contributed by atoms with Crippen molar-refractivity contribution >= 4 is 5.91 Å². The Labute approximate surface area is 111 Å². The maximum Gasteiger partial charge on any atom is 0.237 e. The topological polar surface area (TPSA) is 61.4 Å². The lowest BCUT2D eigenvalue weighted by Crippen LogP contribution is -2.61. The molecule has 4 heteroatoms. The van der Waals surface area contributed by atoms with Crippen molar-refractivity contribution in [2.45, 2.75) is 83.5 Å². The van der Waals surface area contributed by atoms with Crippen molar-refractivity contribution in [2.24, 2.45) is 0 Å². The molecule has 1 unspecified atom stereocenters. The van der Waals surface area contributed by atoms with Crippen LogP contribution >= 0.6 is 0 Å². The first-order chi connectivity index (χ1) is 8.13. The van der Waals surface area contributed by atoms with Gasteiger partial charge in [-0.2, -0.15) is 0 Å². The van der Waals surface area contributed by atoms with Crippen LogP contribution in [0.25, 0.3) is 0 Å². The molecule has 1 atom stereocenters. The Morgan fingerprint density at radius 2 is 1.72 bits per heavy atom. The molecule has 1 amide bonds. The van der Waals surface area contributed by atoms with Crippen LogP contribution in [-0.4, -0.2) is 34.2 Å². The van der Waals surface area contributed by atoms with Crippen LogP contribution in [0.4, 0.5) is 0 Å². The van der Waals surface area contributed by atoms with Crippen molar-refractivity contribution < 1.29 is 9.90 Å².